The summed E-state index contributed by atoms with van der Waals surface area (Å²) in [5.74, 6) is 0.164. The van der Waals surface area contributed by atoms with Gasteiger partial charge < -0.3 is 10.2 Å². The molecule has 0 radical (unpaired) electrons. The lowest BCUT2D eigenvalue weighted by atomic mass is 10.0. The van der Waals surface area contributed by atoms with E-state index in [4.69, 9.17) is 0 Å². The van der Waals surface area contributed by atoms with Gasteiger partial charge in [-0.3, -0.25) is 4.79 Å². The normalized spacial score (nSPS) is 21.2. The van der Waals surface area contributed by atoms with E-state index in [2.05, 4.69) is 23.5 Å². The molecule has 2 aliphatic rings. The first kappa shape index (κ1) is 12.8. The summed E-state index contributed by atoms with van der Waals surface area (Å²) in [6.45, 7) is 1.93. The van der Waals surface area contributed by atoms with Gasteiger partial charge in [0, 0.05) is 23.5 Å². The van der Waals surface area contributed by atoms with E-state index in [0.717, 1.165) is 41.5 Å². The second kappa shape index (κ2) is 5.15. The summed E-state index contributed by atoms with van der Waals surface area (Å²) in [6, 6.07) is 12.8. The molecule has 2 heterocycles. The molecule has 1 unspecified atom stereocenters. The SMILES string of the molecule is O=C1c2cccc3cccc(c23)N1CCC1CCCCN1. The molecule has 0 saturated carbocycles. The highest BCUT2D eigenvalue weighted by atomic mass is 16.2. The van der Waals surface area contributed by atoms with Crippen molar-refractivity contribution < 1.29 is 4.79 Å². The molecule has 1 saturated heterocycles. The Morgan fingerprint density at radius 1 is 1.14 bits per heavy atom. The molecule has 21 heavy (non-hydrogen) atoms. The van der Waals surface area contributed by atoms with Crippen molar-refractivity contribution in [3.8, 4) is 0 Å². The van der Waals surface area contributed by atoms with Crippen molar-refractivity contribution in [2.75, 3.05) is 18.0 Å². The van der Waals surface area contributed by atoms with E-state index in [1.807, 2.05) is 23.1 Å². The molecule has 1 amide bonds. The molecule has 0 spiro atoms. The number of nitrogens with zero attached hydrogens (tertiary/aromatic N) is 1. The standard InChI is InChI=1S/C18H20N2O/c21-18-15-8-3-5-13-6-4-9-16(17(13)15)20(18)12-10-14-7-1-2-11-19-14/h3-6,8-9,14,19H,1-2,7,10-12H2. The Kier molecular flexibility index (Phi) is 3.15. The third kappa shape index (κ3) is 2.12. The first-order valence-electron chi connectivity index (χ1n) is 7.91. The van der Waals surface area contributed by atoms with Gasteiger partial charge in [0.25, 0.3) is 5.91 Å². The lowest BCUT2D eigenvalue weighted by Crippen LogP contribution is -2.38. The van der Waals surface area contributed by atoms with Gasteiger partial charge in [-0.1, -0.05) is 30.7 Å². The van der Waals surface area contributed by atoms with Crippen LogP contribution in [-0.4, -0.2) is 25.0 Å². The van der Waals surface area contributed by atoms with Crippen molar-refractivity contribution in [1.29, 1.82) is 0 Å². The van der Waals surface area contributed by atoms with Crippen LogP contribution in [0.1, 0.15) is 36.0 Å². The van der Waals surface area contributed by atoms with E-state index < -0.39 is 0 Å². The smallest absolute Gasteiger partial charge is 0.258 e. The van der Waals surface area contributed by atoms with E-state index >= 15 is 0 Å². The number of carbonyl (C=O) groups excluding carboxylic acids is 1. The van der Waals surface area contributed by atoms with Gasteiger partial charge >= 0.3 is 0 Å². The predicted octanol–water partition coefficient (Wildman–Crippen LogP) is 3.33. The van der Waals surface area contributed by atoms with Crippen molar-refractivity contribution >= 4 is 22.4 Å². The molecule has 2 aliphatic heterocycles. The number of amides is 1. The summed E-state index contributed by atoms with van der Waals surface area (Å²) < 4.78 is 0. The lowest BCUT2D eigenvalue weighted by Gasteiger charge is -2.26. The van der Waals surface area contributed by atoms with Gasteiger partial charge in [0.15, 0.2) is 0 Å². The molecular weight excluding hydrogens is 260 g/mol. The number of benzene rings is 2. The minimum absolute atomic E-state index is 0.164. The second-order valence-electron chi connectivity index (χ2n) is 6.07. The van der Waals surface area contributed by atoms with Crippen LogP contribution < -0.4 is 10.2 Å². The third-order valence-corrected chi connectivity index (χ3v) is 4.76. The van der Waals surface area contributed by atoms with Gasteiger partial charge in [0.1, 0.15) is 0 Å². The predicted molar refractivity (Wildman–Crippen MR) is 85.9 cm³/mol. The van der Waals surface area contributed by atoms with Crippen molar-refractivity contribution in [2.24, 2.45) is 0 Å². The van der Waals surface area contributed by atoms with E-state index in [9.17, 15) is 4.79 Å². The summed E-state index contributed by atoms with van der Waals surface area (Å²) in [5.41, 5.74) is 1.95. The van der Waals surface area contributed by atoms with E-state index in [1.165, 1.54) is 19.3 Å². The van der Waals surface area contributed by atoms with Gasteiger partial charge in [0.05, 0.1) is 5.69 Å². The summed E-state index contributed by atoms with van der Waals surface area (Å²) >= 11 is 0. The Bertz CT molecular complexity index is 683. The number of piperidine rings is 1. The molecule has 1 fully saturated rings. The zero-order valence-electron chi connectivity index (χ0n) is 12.1. The van der Waals surface area contributed by atoms with Crippen LogP contribution >= 0.6 is 0 Å². The van der Waals surface area contributed by atoms with Crippen molar-refractivity contribution in [1.82, 2.24) is 5.32 Å². The highest BCUT2D eigenvalue weighted by Crippen LogP contribution is 2.37. The van der Waals surface area contributed by atoms with Gasteiger partial charge in [-0.15, -0.1) is 0 Å². The Balaban J connectivity index is 1.60. The Labute approximate surface area is 124 Å². The maximum atomic E-state index is 12.7. The average Bonchev–Trinajstić information content (AvgIpc) is 2.81. The molecular formula is C18H20N2O. The number of nitrogens with one attached hydrogen (secondary N) is 1. The molecule has 3 heteroatoms. The number of anilines is 1. The van der Waals surface area contributed by atoms with Crippen LogP contribution in [0.5, 0.6) is 0 Å². The summed E-state index contributed by atoms with van der Waals surface area (Å²) in [4.78, 5) is 14.6. The topological polar surface area (TPSA) is 32.3 Å². The second-order valence-corrected chi connectivity index (χ2v) is 6.07. The Hall–Kier alpha value is -1.87. The Morgan fingerprint density at radius 2 is 2.00 bits per heavy atom. The van der Waals surface area contributed by atoms with Crippen LogP contribution in [0.25, 0.3) is 10.8 Å². The molecule has 1 atom stereocenters. The monoisotopic (exact) mass is 280 g/mol. The van der Waals surface area contributed by atoms with Crippen LogP contribution in [0, 0.1) is 0 Å². The first-order valence-corrected chi connectivity index (χ1v) is 7.91. The Morgan fingerprint density at radius 3 is 2.81 bits per heavy atom. The number of hydrogen-bond acceptors (Lipinski definition) is 2. The highest BCUT2D eigenvalue weighted by molar-refractivity contribution is 6.24. The third-order valence-electron chi connectivity index (χ3n) is 4.76. The van der Waals surface area contributed by atoms with Gasteiger partial charge in [0.2, 0.25) is 0 Å². The molecule has 0 aliphatic carbocycles. The van der Waals surface area contributed by atoms with Crippen LogP contribution in [0.3, 0.4) is 0 Å². The van der Waals surface area contributed by atoms with E-state index in [1.54, 1.807) is 0 Å². The summed E-state index contributed by atoms with van der Waals surface area (Å²) in [7, 11) is 0. The number of carbonyl (C=O) groups is 1. The minimum Gasteiger partial charge on any atom is -0.314 e. The summed E-state index contributed by atoms with van der Waals surface area (Å²) in [6.07, 6.45) is 4.86. The molecule has 3 nitrogen and oxygen atoms in total. The fraction of sp³-hybridized carbons (Fsp3) is 0.389. The van der Waals surface area contributed by atoms with Crippen molar-refractivity contribution in [3.05, 3.63) is 42.0 Å². The van der Waals surface area contributed by atoms with E-state index in [0.29, 0.717) is 6.04 Å². The zero-order chi connectivity index (χ0) is 14.2. The molecule has 2 aromatic rings. The number of hydrogen-bond donors (Lipinski definition) is 1. The van der Waals surface area contributed by atoms with Gasteiger partial charge in [-0.25, -0.2) is 0 Å². The van der Waals surface area contributed by atoms with Crippen LogP contribution in [0.2, 0.25) is 0 Å². The van der Waals surface area contributed by atoms with Gasteiger partial charge in [-0.2, -0.15) is 0 Å². The van der Waals surface area contributed by atoms with Crippen LogP contribution in [-0.2, 0) is 0 Å². The van der Waals surface area contributed by atoms with Gasteiger partial charge in [-0.05, 0) is 43.3 Å². The fourth-order valence-corrected chi connectivity index (χ4v) is 3.66. The zero-order valence-corrected chi connectivity index (χ0v) is 12.1. The van der Waals surface area contributed by atoms with Crippen molar-refractivity contribution in [2.45, 2.75) is 31.7 Å². The first-order chi connectivity index (χ1) is 10.3. The minimum atomic E-state index is 0.164. The molecule has 0 aromatic heterocycles. The maximum Gasteiger partial charge on any atom is 0.258 e. The van der Waals surface area contributed by atoms with Crippen molar-refractivity contribution in [3.63, 3.8) is 0 Å². The van der Waals surface area contributed by atoms with E-state index in [-0.39, 0.29) is 5.91 Å². The fourth-order valence-electron chi connectivity index (χ4n) is 3.66. The largest absolute Gasteiger partial charge is 0.314 e. The lowest BCUT2D eigenvalue weighted by molar-refractivity contribution is 0.0992. The highest BCUT2D eigenvalue weighted by Gasteiger charge is 2.29. The molecule has 1 N–H and O–H groups in total. The number of rotatable bonds is 3. The summed E-state index contributed by atoms with van der Waals surface area (Å²) in [5, 5.41) is 5.86. The van der Waals surface area contributed by atoms with Crippen LogP contribution in [0.15, 0.2) is 36.4 Å². The molecule has 0 bridgehead atoms. The van der Waals surface area contributed by atoms with Crippen LogP contribution in [0.4, 0.5) is 5.69 Å². The maximum absolute atomic E-state index is 12.7. The molecule has 4 rings (SSSR count). The molecule has 108 valence electrons. The molecule has 2 aromatic carbocycles. The quantitative estimate of drug-likeness (QED) is 0.935. The average molecular weight is 280 g/mol.